The van der Waals surface area contributed by atoms with Crippen LogP contribution in [0.2, 0.25) is 0 Å². The van der Waals surface area contributed by atoms with E-state index in [2.05, 4.69) is 15.6 Å². The van der Waals surface area contributed by atoms with Crippen LogP contribution in [0.15, 0.2) is 5.38 Å². The molecule has 3 nitrogen and oxygen atoms in total. The summed E-state index contributed by atoms with van der Waals surface area (Å²) in [6.45, 7) is 3.68. The maximum atomic E-state index is 11.8. The van der Waals surface area contributed by atoms with Gasteiger partial charge in [-0.2, -0.15) is 13.2 Å². The summed E-state index contributed by atoms with van der Waals surface area (Å²) in [7, 11) is 0. The van der Waals surface area contributed by atoms with Gasteiger partial charge in [0.15, 0.2) is 0 Å². The first-order valence-corrected chi connectivity index (χ1v) is 6.19. The fourth-order valence-electron chi connectivity index (χ4n) is 1.27. The molecule has 17 heavy (non-hydrogen) atoms. The van der Waals surface area contributed by atoms with E-state index < -0.39 is 12.7 Å². The highest BCUT2D eigenvalue weighted by molar-refractivity contribution is 7.09. The fourth-order valence-corrected chi connectivity index (χ4v) is 2.09. The van der Waals surface area contributed by atoms with Gasteiger partial charge in [-0.15, -0.1) is 11.3 Å². The first-order valence-electron chi connectivity index (χ1n) is 5.31. The molecule has 0 aliphatic rings. The number of thiazole rings is 1. The van der Waals surface area contributed by atoms with E-state index in [1.165, 1.54) is 0 Å². The zero-order valence-corrected chi connectivity index (χ0v) is 10.6. The molecule has 1 heterocycles. The largest absolute Gasteiger partial charge is 0.401 e. The molecule has 1 unspecified atom stereocenters. The van der Waals surface area contributed by atoms with Gasteiger partial charge in [-0.3, -0.25) is 0 Å². The van der Waals surface area contributed by atoms with Crippen LogP contribution in [0, 0.1) is 6.92 Å². The predicted octanol–water partition coefficient (Wildman–Crippen LogP) is 2.25. The maximum absolute atomic E-state index is 11.8. The summed E-state index contributed by atoms with van der Waals surface area (Å²) in [4.78, 5) is 4.30. The minimum Gasteiger partial charge on any atom is -0.307 e. The average molecular weight is 267 g/mol. The molecule has 7 heteroatoms. The van der Waals surface area contributed by atoms with Gasteiger partial charge in [0.2, 0.25) is 0 Å². The van der Waals surface area contributed by atoms with Gasteiger partial charge < -0.3 is 10.6 Å². The number of aromatic nitrogens is 1. The van der Waals surface area contributed by atoms with Crippen LogP contribution < -0.4 is 10.6 Å². The van der Waals surface area contributed by atoms with E-state index in [1.807, 2.05) is 19.2 Å². The van der Waals surface area contributed by atoms with Crippen molar-refractivity contribution in [2.75, 3.05) is 19.6 Å². The van der Waals surface area contributed by atoms with E-state index in [9.17, 15) is 13.2 Å². The summed E-state index contributed by atoms with van der Waals surface area (Å²) in [6.07, 6.45) is -4.14. The molecule has 0 amide bonds. The highest BCUT2D eigenvalue weighted by Crippen LogP contribution is 2.16. The quantitative estimate of drug-likeness (QED) is 0.776. The van der Waals surface area contributed by atoms with Gasteiger partial charge in [-0.25, -0.2) is 4.98 Å². The van der Waals surface area contributed by atoms with E-state index in [0.717, 1.165) is 10.7 Å². The molecule has 0 saturated carbocycles. The number of nitrogens with zero attached hydrogens (tertiary/aromatic N) is 1. The van der Waals surface area contributed by atoms with Gasteiger partial charge in [-0.05, 0) is 13.8 Å². The van der Waals surface area contributed by atoms with Crippen LogP contribution in [0.25, 0.3) is 0 Å². The highest BCUT2D eigenvalue weighted by Gasteiger charge is 2.25. The van der Waals surface area contributed by atoms with Gasteiger partial charge in [-0.1, -0.05) is 0 Å². The minimum absolute atomic E-state index is 0.0707. The lowest BCUT2D eigenvalue weighted by Gasteiger charge is -2.12. The van der Waals surface area contributed by atoms with Crippen molar-refractivity contribution in [2.45, 2.75) is 26.1 Å². The van der Waals surface area contributed by atoms with E-state index in [4.69, 9.17) is 0 Å². The van der Waals surface area contributed by atoms with Crippen molar-refractivity contribution in [3.8, 4) is 0 Å². The number of hydrogen-bond donors (Lipinski definition) is 2. The van der Waals surface area contributed by atoms with Crippen LogP contribution >= 0.6 is 11.3 Å². The molecule has 0 aliphatic heterocycles. The molecule has 0 aliphatic carbocycles. The van der Waals surface area contributed by atoms with Gasteiger partial charge in [0.25, 0.3) is 0 Å². The summed E-state index contributed by atoms with van der Waals surface area (Å²) in [5, 5.41) is 8.36. The van der Waals surface area contributed by atoms with Gasteiger partial charge in [0, 0.05) is 24.2 Å². The maximum Gasteiger partial charge on any atom is 0.401 e. The molecule has 2 N–H and O–H groups in total. The Balaban J connectivity index is 2.15. The molecule has 1 rings (SSSR count). The highest BCUT2D eigenvalue weighted by atomic mass is 32.1. The van der Waals surface area contributed by atoms with Crippen LogP contribution in [0.1, 0.15) is 23.7 Å². The summed E-state index contributed by atoms with van der Waals surface area (Å²) in [6, 6.07) is 0.0707. The number of rotatable bonds is 6. The zero-order chi connectivity index (χ0) is 12.9. The normalized spacial score (nSPS) is 13.9. The Morgan fingerprint density at radius 1 is 1.41 bits per heavy atom. The average Bonchev–Trinajstić information content (AvgIpc) is 2.62. The Kier molecular flexibility index (Phi) is 5.35. The van der Waals surface area contributed by atoms with Crippen LogP contribution in [-0.4, -0.2) is 30.8 Å². The molecular weight excluding hydrogens is 251 g/mol. The lowest BCUT2D eigenvalue weighted by atomic mass is 10.3. The van der Waals surface area contributed by atoms with Crippen molar-refractivity contribution in [2.24, 2.45) is 0 Å². The smallest absolute Gasteiger partial charge is 0.307 e. The molecule has 0 spiro atoms. The van der Waals surface area contributed by atoms with E-state index >= 15 is 0 Å². The standard InChI is InChI=1S/C10H16F3N3S/c1-7-5-17-9(16-7)8(2)15-4-3-14-6-10(11,12)13/h5,8,14-15H,3-4,6H2,1-2H3. The van der Waals surface area contributed by atoms with Crippen molar-refractivity contribution >= 4 is 11.3 Å². The second-order valence-corrected chi connectivity index (χ2v) is 4.68. The lowest BCUT2D eigenvalue weighted by Crippen LogP contribution is -2.34. The van der Waals surface area contributed by atoms with Crippen molar-refractivity contribution in [3.63, 3.8) is 0 Å². The Morgan fingerprint density at radius 3 is 2.65 bits per heavy atom. The fraction of sp³-hybridized carbons (Fsp3) is 0.700. The Bertz CT molecular complexity index is 338. The summed E-state index contributed by atoms with van der Waals surface area (Å²) in [5.41, 5.74) is 0.967. The molecule has 0 fully saturated rings. The Morgan fingerprint density at radius 2 is 2.12 bits per heavy atom. The lowest BCUT2D eigenvalue weighted by molar-refractivity contribution is -0.124. The monoisotopic (exact) mass is 267 g/mol. The first-order chi connectivity index (χ1) is 7.88. The second-order valence-electron chi connectivity index (χ2n) is 3.79. The second kappa shape index (κ2) is 6.32. The van der Waals surface area contributed by atoms with Gasteiger partial charge >= 0.3 is 6.18 Å². The first kappa shape index (κ1) is 14.4. The summed E-state index contributed by atoms with van der Waals surface area (Å²) >= 11 is 1.55. The van der Waals surface area contributed by atoms with Crippen molar-refractivity contribution in [1.29, 1.82) is 0 Å². The van der Waals surface area contributed by atoms with Crippen LogP contribution in [-0.2, 0) is 0 Å². The molecule has 98 valence electrons. The van der Waals surface area contributed by atoms with Crippen molar-refractivity contribution in [3.05, 3.63) is 16.1 Å². The van der Waals surface area contributed by atoms with Gasteiger partial charge in [0.05, 0.1) is 12.6 Å². The molecule has 1 aromatic heterocycles. The molecule has 0 radical (unpaired) electrons. The number of hydrogen-bond acceptors (Lipinski definition) is 4. The number of halogens is 3. The third-order valence-corrected chi connectivity index (χ3v) is 3.23. The molecule has 0 aromatic carbocycles. The van der Waals surface area contributed by atoms with Gasteiger partial charge in [0.1, 0.15) is 5.01 Å². The Hall–Kier alpha value is -0.660. The molecule has 1 atom stereocenters. The summed E-state index contributed by atoms with van der Waals surface area (Å²) < 4.78 is 35.5. The van der Waals surface area contributed by atoms with Crippen molar-refractivity contribution < 1.29 is 13.2 Å². The van der Waals surface area contributed by atoms with E-state index in [0.29, 0.717) is 6.54 Å². The minimum atomic E-state index is -4.14. The topological polar surface area (TPSA) is 37.0 Å². The van der Waals surface area contributed by atoms with Crippen LogP contribution in [0.5, 0.6) is 0 Å². The Labute approximate surface area is 102 Å². The number of aryl methyl sites for hydroxylation is 1. The molecule has 0 bridgehead atoms. The zero-order valence-electron chi connectivity index (χ0n) is 9.77. The van der Waals surface area contributed by atoms with Crippen molar-refractivity contribution in [1.82, 2.24) is 15.6 Å². The molecule has 1 aromatic rings. The third kappa shape index (κ3) is 5.99. The van der Waals surface area contributed by atoms with E-state index in [1.54, 1.807) is 11.3 Å². The summed E-state index contributed by atoms with van der Waals surface area (Å²) in [5.74, 6) is 0. The number of alkyl halides is 3. The molecule has 0 saturated heterocycles. The third-order valence-electron chi connectivity index (χ3n) is 2.08. The number of nitrogens with one attached hydrogen (secondary N) is 2. The molecular formula is C10H16F3N3S. The predicted molar refractivity (Wildman–Crippen MR) is 62.2 cm³/mol. The SMILES string of the molecule is Cc1csc(C(C)NCCNCC(F)(F)F)n1. The van der Waals surface area contributed by atoms with E-state index in [-0.39, 0.29) is 12.6 Å². The van der Waals surface area contributed by atoms with Crippen LogP contribution in [0.3, 0.4) is 0 Å². The van der Waals surface area contributed by atoms with Crippen LogP contribution in [0.4, 0.5) is 13.2 Å².